The van der Waals surface area contributed by atoms with Crippen LogP contribution in [-0.2, 0) is 0 Å². The van der Waals surface area contributed by atoms with Gasteiger partial charge in [0.1, 0.15) is 0 Å². The Hall–Kier alpha value is -2.36. The summed E-state index contributed by atoms with van der Waals surface area (Å²) in [6.07, 6.45) is 0. The van der Waals surface area contributed by atoms with Crippen LogP contribution in [0.25, 0.3) is 11.1 Å². The number of para-hydroxylation sites is 1. The van der Waals surface area contributed by atoms with Gasteiger partial charge in [-0.2, -0.15) is 0 Å². The molecule has 5 rings (SSSR count). The highest BCUT2D eigenvalue weighted by Gasteiger charge is 2.33. The van der Waals surface area contributed by atoms with Crippen molar-refractivity contribution in [2.24, 2.45) is 0 Å². The van der Waals surface area contributed by atoms with Gasteiger partial charge >= 0.3 is 0 Å². The van der Waals surface area contributed by atoms with Crippen molar-refractivity contribution in [2.75, 3.05) is 5.32 Å². The first-order chi connectivity index (χ1) is 12.4. The molecule has 0 amide bonds. The Morgan fingerprint density at radius 1 is 0.680 bits per heavy atom. The van der Waals surface area contributed by atoms with Crippen molar-refractivity contribution in [3.05, 3.63) is 98.9 Å². The molecule has 1 N–H and O–H groups in total. The van der Waals surface area contributed by atoms with Crippen LogP contribution in [0.3, 0.4) is 0 Å². The van der Waals surface area contributed by atoms with Gasteiger partial charge in [0.2, 0.25) is 0 Å². The van der Waals surface area contributed by atoms with Crippen molar-refractivity contribution in [1.82, 2.24) is 0 Å². The van der Waals surface area contributed by atoms with E-state index in [1.807, 2.05) is 22.7 Å². The molecule has 2 aromatic heterocycles. The fraction of sp³-hybridized carbons (Fsp3) is 0.0909. The number of hydrogen-bond donors (Lipinski definition) is 1. The van der Waals surface area contributed by atoms with Crippen LogP contribution >= 0.6 is 22.7 Å². The Morgan fingerprint density at radius 2 is 1.32 bits per heavy atom. The largest absolute Gasteiger partial charge is 0.377 e. The van der Waals surface area contributed by atoms with Crippen molar-refractivity contribution in [3.63, 3.8) is 0 Å². The van der Waals surface area contributed by atoms with E-state index in [1.165, 1.54) is 32.1 Å². The third-order valence-electron chi connectivity index (χ3n) is 4.86. The predicted octanol–water partition coefficient (Wildman–Crippen LogP) is 6.78. The number of anilines is 1. The Bertz CT molecular complexity index is 952. The van der Waals surface area contributed by atoms with Crippen LogP contribution in [0.2, 0.25) is 0 Å². The zero-order valence-corrected chi connectivity index (χ0v) is 15.2. The average molecular weight is 360 g/mol. The third kappa shape index (κ3) is 2.51. The predicted molar refractivity (Wildman–Crippen MR) is 109 cm³/mol. The lowest BCUT2D eigenvalue weighted by Gasteiger charge is -2.34. The fourth-order valence-electron chi connectivity index (χ4n) is 3.77. The summed E-state index contributed by atoms with van der Waals surface area (Å²) >= 11 is 3.69. The van der Waals surface area contributed by atoms with E-state index >= 15 is 0 Å². The van der Waals surface area contributed by atoms with Gasteiger partial charge in [0.15, 0.2) is 0 Å². The van der Waals surface area contributed by atoms with Crippen molar-refractivity contribution in [1.29, 1.82) is 0 Å². The van der Waals surface area contributed by atoms with E-state index in [-0.39, 0.29) is 6.04 Å². The van der Waals surface area contributed by atoms with Crippen LogP contribution in [0.1, 0.15) is 27.3 Å². The minimum Gasteiger partial charge on any atom is -0.377 e. The van der Waals surface area contributed by atoms with E-state index in [0.717, 1.165) is 0 Å². The Labute approximate surface area is 155 Å². The maximum absolute atomic E-state index is 3.84. The van der Waals surface area contributed by atoms with Crippen molar-refractivity contribution in [2.45, 2.75) is 12.0 Å². The summed E-state index contributed by atoms with van der Waals surface area (Å²) in [7, 11) is 0. The van der Waals surface area contributed by atoms with E-state index in [1.54, 1.807) is 0 Å². The quantitative estimate of drug-likeness (QED) is 0.425. The zero-order valence-electron chi connectivity index (χ0n) is 13.6. The Morgan fingerprint density at radius 3 is 2.00 bits per heavy atom. The molecule has 0 bridgehead atoms. The van der Waals surface area contributed by atoms with E-state index in [4.69, 9.17) is 0 Å². The van der Waals surface area contributed by atoms with Crippen LogP contribution < -0.4 is 5.32 Å². The van der Waals surface area contributed by atoms with Crippen LogP contribution in [0.15, 0.2) is 83.6 Å². The first-order valence-electron chi connectivity index (χ1n) is 8.43. The third-order valence-corrected chi connectivity index (χ3v) is 6.77. The normalized spacial score (nSPS) is 15.5. The van der Waals surface area contributed by atoms with Crippen LogP contribution in [0.5, 0.6) is 0 Å². The first kappa shape index (κ1) is 14.9. The molecule has 3 heteroatoms. The number of rotatable bonds is 3. The first-order valence-corrected chi connectivity index (χ1v) is 10.2. The van der Waals surface area contributed by atoms with Gasteiger partial charge in [-0.25, -0.2) is 0 Å². The summed E-state index contributed by atoms with van der Waals surface area (Å²) < 4.78 is 0. The molecule has 122 valence electrons. The van der Waals surface area contributed by atoms with Crippen LogP contribution in [0.4, 0.5) is 5.69 Å². The lowest BCUT2D eigenvalue weighted by atomic mass is 9.82. The lowest BCUT2D eigenvalue weighted by Crippen LogP contribution is -2.23. The molecule has 1 unspecified atom stereocenters. The molecule has 0 radical (unpaired) electrons. The van der Waals surface area contributed by atoms with Gasteiger partial charge in [0, 0.05) is 21.0 Å². The molecule has 0 saturated heterocycles. The molecule has 1 aliphatic rings. The average Bonchev–Trinajstić information content (AvgIpc) is 3.37. The fourth-order valence-corrected chi connectivity index (χ4v) is 5.61. The highest BCUT2D eigenvalue weighted by molar-refractivity contribution is 7.11. The highest BCUT2D eigenvalue weighted by atomic mass is 32.1. The minimum absolute atomic E-state index is 0.239. The smallest absolute Gasteiger partial charge is 0.0645 e. The molecule has 0 fully saturated rings. The number of fused-ring (bicyclic) bond motifs is 3. The SMILES string of the molecule is c1csc(C(c2cccs2)C2Nc3ccccc3-c3ccccc32)c1. The van der Waals surface area contributed by atoms with E-state index < -0.39 is 0 Å². The van der Waals surface area contributed by atoms with Gasteiger partial charge in [-0.3, -0.25) is 0 Å². The highest BCUT2D eigenvalue weighted by Crippen LogP contribution is 2.49. The summed E-state index contributed by atoms with van der Waals surface area (Å²) in [6, 6.07) is 26.5. The summed E-state index contributed by atoms with van der Waals surface area (Å²) in [5, 5.41) is 8.20. The lowest BCUT2D eigenvalue weighted by molar-refractivity contribution is 0.688. The maximum Gasteiger partial charge on any atom is 0.0645 e. The van der Waals surface area contributed by atoms with E-state index in [2.05, 4.69) is 88.9 Å². The number of thiophene rings is 2. The van der Waals surface area contributed by atoms with E-state index in [9.17, 15) is 0 Å². The number of hydrogen-bond acceptors (Lipinski definition) is 3. The topological polar surface area (TPSA) is 12.0 Å². The monoisotopic (exact) mass is 359 g/mol. The Balaban J connectivity index is 1.71. The van der Waals surface area contributed by atoms with Gasteiger partial charge in [0.25, 0.3) is 0 Å². The molecule has 1 nitrogen and oxygen atoms in total. The molecule has 3 heterocycles. The van der Waals surface area contributed by atoms with Crippen LogP contribution in [0, 0.1) is 0 Å². The molecule has 1 aliphatic heterocycles. The number of nitrogens with one attached hydrogen (secondary N) is 1. The second kappa shape index (κ2) is 6.17. The van der Waals surface area contributed by atoms with Gasteiger partial charge in [0.05, 0.1) is 12.0 Å². The summed E-state index contributed by atoms with van der Waals surface area (Å²) in [5.74, 6) is 0.328. The van der Waals surface area contributed by atoms with Gasteiger partial charge in [-0.05, 0) is 40.1 Å². The molecule has 0 aliphatic carbocycles. The Kier molecular flexibility index (Phi) is 3.69. The summed E-state index contributed by atoms with van der Waals surface area (Å²) in [5.41, 5.74) is 5.25. The minimum atomic E-state index is 0.239. The second-order valence-electron chi connectivity index (χ2n) is 6.26. The molecule has 0 saturated carbocycles. The standard InChI is InChI=1S/C22H17NS2/c1-2-9-17-15(7-1)16-8-3-4-10-18(16)23-22(17)21(19-11-5-13-24-19)20-12-6-14-25-20/h1-14,21-23H. The number of benzene rings is 2. The molecular weight excluding hydrogens is 342 g/mol. The maximum atomic E-state index is 3.84. The molecule has 2 aromatic carbocycles. The van der Waals surface area contributed by atoms with Crippen molar-refractivity contribution in [3.8, 4) is 11.1 Å². The van der Waals surface area contributed by atoms with Gasteiger partial charge < -0.3 is 5.32 Å². The van der Waals surface area contributed by atoms with E-state index in [0.29, 0.717) is 5.92 Å². The molecule has 4 aromatic rings. The van der Waals surface area contributed by atoms with Crippen molar-refractivity contribution < 1.29 is 0 Å². The summed E-state index contributed by atoms with van der Waals surface area (Å²) in [6.45, 7) is 0. The molecular formula is C22H17NS2. The van der Waals surface area contributed by atoms with Gasteiger partial charge in [-0.15, -0.1) is 22.7 Å². The van der Waals surface area contributed by atoms with Crippen molar-refractivity contribution >= 4 is 28.4 Å². The second-order valence-corrected chi connectivity index (χ2v) is 8.22. The molecule has 25 heavy (non-hydrogen) atoms. The van der Waals surface area contributed by atoms with Gasteiger partial charge in [-0.1, -0.05) is 54.6 Å². The molecule has 0 spiro atoms. The zero-order chi connectivity index (χ0) is 16.6. The summed E-state index contributed by atoms with van der Waals surface area (Å²) in [4.78, 5) is 2.82. The van der Waals surface area contributed by atoms with Crippen LogP contribution in [-0.4, -0.2) is 0 Å². The molecule has 1 atom stereocenters.